The Bertz CT molecular complexity index is 1050. The number of furan rings is 1. The Hall–Kier alpha value is -3.19. The molecule has 0 saturated heterocycles. The summed E-state index contributed by atoms with van der Waals surface area (Å²) in [5.41, 5.74) is 4.04. The van der Waals surface area contributed by atoms with Crippen LogP contribution in [0.5, 0.6) is 0 Å². The van der Waals surface area contributed by atoms with Crippen molar-refractivity contribution in [3.05, 3.63) is 71.2 Å². The molecule has 3 aromatic heterocycles. The number of thiazole rings is 1. The van der Waals surface area contributed by atoms with Gasteiger partial charge in [-0.3, -0.25) is 4.79 Å². The summed E-state index contributed by atoms with van der Waals surface area (Å²) in [4.78, 5) is 16.7. The van der Waals surface area contributed by atoms with Gasteiger partial charge in [0.15, 0.2) is 10.8 Å². The molecule has 4 rings (SSSR count). The van der Waals surface area contributed by atoms with Crippen LogP contribution < -0.4 is 5.32 Å². The molecule has 0 fully saturated rings. The maximum Gasteiger partial charge on any atom is 0.275 e. The van der Waals surface area contributed by atoms with E-state index in [1.165, 1.54) is 11.3 Å². The smallest absolute Gasteiger partial charge is 0.275 e. The Morgan fingerprint density at radius 2 is 2.00 bits per heavy atom. The number of aromatic nitrogens is 3. The summed E-state index contributed by atoms with van der Waals surface area (Å²) in [6, 6.07) is 13.2. The van der Waals surface area contributed by atoms with Crippen LogP contribution in [0.2, 0.25) is 0 Å². The SMILES string of the molecule is Cc1cc(C)n(-c2ccc(NC(=O)c3csc(-c4ccco4)n3)cc2)n1. The van der Waals surface area contributed by atoms with Gasteiger partial charge in [-0.2, -0.15) is 5.10 Å². The molecule has 0 atom stereocenters. The van der Waals surface area contributed by atoms with E-state index in [1.807, 2.05) is 54.9 Å². The van der Waals surface area contributed by atoms with E-state index >= 15 is 0 Å². The van der Waals surface area contributed by atoms with E-state index in [9.17, 15) is 4.79 Å². The van der Waals surface area contributed by atoms with E-state index in [0.29, 0.717) is 22.1 Å². The molecule has 0 spiro atoms. The highest BCUT2D eigenvalue weighted by molar-refractivity contribution is 7.13. The molecule has 4 aromatic rings. The summed E-state index contributed by atoms with van der Waals surface area (Å²) in [6.07, 6.45) is 1.58. The Labute approximate surface area is 154 Å². The monoisotopic (exact) mass is 364 g/mol. The van der Waals surface area contributed by atoms with Crippen molar-refractivity contribution in [2.24, 2.45) is 0 Å². The van der Waals surface area contributed by atoms with Crippen molar-refractivity contribution in [2.45, 2.75) is 13.8 Å². The van der Waals surface area contributed by atoms with Crippen LogP contribution in [0.25, 0.3) is 16.5 Å². The minimum atomic E-state index is -0.252. The molecule has 1 N–H and O–H groups in total. The van der Waals surface area contributed by atoms with Crippen molar-refractivity contribution in [1.82, 2.24) is 14.8 Å². The second-order valence-electron chi connectivity index (χ2n) is 5.86. The highest BCUT2D eigenvalue weighted by Gasteiger charge is 2.13. The maximum absolute atomic E-state index is 12.4. The lowest BCUT2D eigenvalue weighted by atomic mass is 10.2. The molecule has 3 heterocycles. The minimum Gasteiger partial charge on any atom is -0.462 e. The summed E-state index contributed by atoms with van der Waals surface area (Å²) >= 11 is 1.37. The van der Waals surface area contributed by atoms with Gasteiger partial charge in [0.1, 0.15) is 5.69 Å². The first-order valence-corrected chi connectivity index (χ1v) is 8.92. The number of aryl methyl sites for hydroxylation is 2. The van der Waals surface area contributed by atoms with Gasteiger partial charge in [0.05, 0.1) is 17.6 Å². The number of hydrogen-bond acceptors (Lipinski definition) is 5. The molecule has 0 aliphatic carbocycles. The van der Waals surface area contributed by atoms with E-state index in [0.717, 1.165) is 17.1 Å². The summed E-state index contributed by atoms with van der Waals surface area (Å²) in [5.74, 6) is 0.404. The van der Waals surface area contributed by atoms with Gasteiger partial charge >= 0.3 is 0 Å². The maximum atomic E-state index is 12.4. The zero-order chi connectivity index (χ0) is 18.1. The zero-order valence-electron chi connectivity index (χ0n) is 14.3. The second-order valence-corrected chi connectivity index (χ2v) is 6.71. The Balaban J connectivity index is 1.49. The molecule has 0 radical (unpaired) electrons. The molecule has 1 amide bonds. The lowest BCUT2D eigenvalue weighted by Crippen LogP contribution is -2.12. The van der Waals surface area contributed by atoms with Crippen LogP contribution >= 0.6 is 11.3 Å². The van der Waals surface area contributed by atoms with Gasteiger partial charge in [-0.25, -0.2) is 9.67 Å². The summed E-state index contributed by atoms with van der Waals surface area (Å²) < 4.78 is 7.18. The van der Waals surface area contributed by atoms with Crippen molar-refractivity contribution >= 4 is 22.9 Å². The first-order valence-electron chi connectivity index (χ1n) is 8.04. The molecule has 0 unspecified atom stereocenters. The quantitative estimate of drug-likeness (QED) is 0.580. The first kappa shape index (κ1) is 16.3. The van der Waals surface area contributed by atoms with Gasteiger partial charge in [0.25, 0.3) is 5.91 Å². The summed E-state index contributed by atoms with van der Waals surface area (Å²) in [5, 5.41) is 9.72. The van der Waals surface area contributed by atoms with Crippen LogP contribution in [0.3, 0.4) is 0 Å². The normalized spacial score (nSPS) is 10.8. The third-order valence-corrected chi connectivity index (χ3v) is 4.70. The van der Waals surface area contributed by atoms with Crippen LogP contribution in [0.1, 0.15) is 21.9 Å². The number of amides is 1. The van der Waals surface area contributed by atoms with Crippen LogP contribution in [-0.2, 0) is 0 Å². The van der Waals surface area contributed by atoms with E-state index in [-0.39, 0.29) is 5.91 Å². The van der Waals surface area contributed by atoms with E-state index in [2.05, 4.69) is 15.4 Å². The molecule has 1 aromatic carbocycles. The third kappa shape index (κ3) is 3.16. The molecule has 26 heavy (non-hydrogen) atoms. The summed E-state index contributed by atoms with van der Waals surface area (Å²) in [7, 11) is 0. The van der Waals surface area contributed by atoms with Gasteiger partial charge in [-0.05, 0) is 56.3 Å². The van der Waals surface area contributed by atoms with Crippen molar-refractivity contribution < 1.29 is 9.21 Å². The van der Waals surface area contributed by atoms with Crippen molar-refractivity contribution in [1.29, 1.82) is 0 Å². The zero-order valence-corrected chi connectivity index (χ0v) is 15.1. The first-order chi connectivity index (χ1) is 12.6. The van der Waals surface area contributed by atoms with Gasteiger partial charge in [-0.15, -0.1) is 11.3 Å². The topological polar surface area (TPSA) is 73.0 Å². The molecule has 130 valence electrons. The van der Waals surface area contributed by atoms with Gasteiger partial charge < -0.3 is 9.73 Å². The Kier molecular flexibility index (Phi) is 4.14. The van der Waals surface area contributed by atoms with Crippen LogP contribution in [-0.4, -0.2) is 20.7 Å². The Morgan fingerprint density at radius 3 is 2.65 bits per heavy atom. The highest BCUT2D eigenvalue weighted by Crippen LogP contribution is 2.24. The second kappa shape index (κ2) is 6.61. The molecule has 7 heteroatoms. The van der Waals surface area contributed by atoms with Gasteiger partial charge in [-0.1, -0.05) is 0 Å². The van der Waals surface area contributed by atoms with Gasteiger partial charge in [0.2, 0.25) is 0 Å². The lowest BCUT2D eigenvalue weighted by molar-refractivity contribution is 0.102. The fourth-order valence-electron chi connectivity index (χ4n) is 2.66. The molecule has 0 aliphatic heterocycles. The van der Waals surface area contributed by atoms with Crippen LogP contribution in [0.15, 0.2) is 58.5 Å². The lowest BCUT2D eigenvalue weighted by Gasteiger charge is -2.07. The number of rotatable bonds is 4. The van der Waals surface area contributed by atoms with E-state index in [4.69, 9.17) is 4.42 Å². The predicted molar refractivity (Wildman–Crippen MR) is 101 cm³/mol. The fraction of sp³-hybridized carbons (Fsp3) is 0.105. The summed E-state index contributed by atoms with van der Waals surface area (Å²) in [6.45, 7) is 3.97. The van der Waals surface area contributed by atoms with Crippen LogP contribution in [0, 0.1) is 13.8 Å². The number of carbonyl (C=O) groups is 1. The average Bonchev–Trinajstić information content (AvgIpc) is 3.35. The number of nitrogens with zero attached hydrogens (tertiary/aromatic N) is 3. The number of carbonyl (C=O) groups excluding carboxylic acids is 1. The molecule has 6 nitrogen and oxygen atoms in total. The molecule has 0 aliphatic rings. The van der Waals surface area contributed by atoms with Crippen LogP contribution in [0.4, 0.5) is 5.69 Å². The standard InChI is InChI=1S/C19H16N4O2S/c1-12-10-13(2)23(22-12)15-7-5-14(6-8-15)20-18(24)16-11-26-19(21-16)17-4-3-9-25-17/h3-11H,1-2H3,(H,20,24). The molecular formula is C19H16N4O2S. The fourth-order valence-corrected chi connectivity index (χ4v) is 3.43. The molecule has 0 saturated carbocycles. The molecule has 0 bridgehead atoms. The number of benzene rings is 1. The minimum absolute atomic E-state index is 0.252. The number of nitrogens with one attached hydrogen (secondary N) is 1. The van der Waals surface area contributed by atoms with E-state index in [1.54, 1.807) is 17.7 Å². The van der Waals surface area contributed by atoms with Crippen molar-refractivity contribution in [3.63, 3.8) is 0 Å². The number of hydrogen-bond donors (Lipinski definition) is 1. The number of anilines is 1. The third-order valence-electron chi connectivity index (χ3n) is 3.85. The highest BCUT2D eigenvalue weighted by atomic mass is 32.1. The van der Waals surface area contributed by atoms with Crippen molar-refractivity contribution in [2.75, 3.05) is 5.32 Å². The van der Waals surface area contributed by atoms with Crippen molar-refractivity contribution in [3.8, 4) is 16.5 Å². The Morgan fingerprint density at radius 1 is 1.19 bits per heavy atom. The molecular weight excluding hydrogens is 348 g/mol. The van der Waals surface area contributed by atoms with Gasteiger partial charge in [0, 0.05) is 16.8 Å². The average molecular weight is 364 g/mol. The largest absolute Gasteiger partial charge is 0.462 e. The predicted octanol–water partition coefficient (Wildman–Crippen LogP) is 4.46. The van der Waals surface area contributed by atoms with E-state index < -0.39 is 0 Å².